The second-order valence-corrected chi connectivity index (χ2v) is 9.45. The van der Waals surface area contributed by atoms with Crippen LogP contribution in [0.25, 0.3) is 0 Å². The molecule has 0 spiro atoms. The van der Waals surface area contributed by atoms with Crippen molar-refractivity contribution in [3.8, 4) is 12.3 Å². The Morgan fingerprint density at radius 2 is 1.74 bits per heavy atom. The van der Waals surface area contributed by atoms with Crippen LogP contribution in [0.3, 0.4) is 0 Å². The topological polar surface area (TPSA) is 87.7 Å². The standard InChI is InChI=1S/C27H41N3O4/c1-9-13-18-28-24(31)23(21-16-14-20(11-3)15-17-21)30(12-4)25(32)22(19(5)10-2)29-26(33)34-27(6,7)8/h3,14-17,19,22-23H,9-10,12-13,18H2,1-2,4-8H3,(H,28,31)(H,29,33). The molecule has 0 saturated heterocycles. The van der Waals surface area contributed by atoms with Gasteiger partial charge in [-0.1, -0.05) is 51.7 Å². The van der Waals surface area contributed by atoms with Crippen LogP contribution in [0, 0.1) is 18.3 Å². The lowest BCUT2D eigenvalue weighted by atomic mass is 9.95. The van der Waals surface area contributed by atoms with Crippen LogP contribution < -0.4 is 10.6 Å². The summed E-state index contributed by atoms with van der Waals surface area (Å²) in [5.74, 6) is 1.80. The van der Waals surface area contributed by atoms with E-state index in [1.165, 1.54) is 4.90 Å². The van der Waals surface area contributed by atoms with Gasteiger partial charge in [-0.3, -0.25) is 9.59 Å². The first-order valence-electron chi connectivity index (χ1n) is 12.1. The molecule has 0 fully saturated rings. The van der Waals surface area contributed by atoms with Gasteiger partial charge in [-0.15, -0.1) is 6.42 Å². The van der Waals surface area contributed by atoms with Gasteiger partial charge in [0.05, 0.1) is 0 Å². The lowest BCUT2D eigenvalue weighted by molar-refractivity contribution is -0.143. The minimum absolute atomic E-state index is 0.165. The van der Waals surface area contributed by atoms with Crippen molar-refractivity contribution >= 4 is 17.9 Å². The van der Waals surface area contributed by atoms with Gasteiger partial charge in [-0.2, -0.15) is 0 Å². The predicted octanol–water partition coefficient (Wildman–Crippen LogP) is 4.41. The number of unbranched alkanes of at least 4 members (excludes halogenated alkanes) is 1. The summed E-state index contributed by atoms with van der Waals surface area (Å²) in [5, 5.41) is 5.69. The maximum atomic E-state index is 13.8. The molecule has 3 unspecified atom stereocenters. The molecule has 0 heterocycles. The van der Waals surface area contributed by atoms with Gasteiger partial charge in [0.25, 0.3) is 0 Å². The van der Waals surface area contributed by atoms with Crippen molar-refractivity contribution in [2.45, 2.75) is 85.4 Å². The zero-order valence-electron chi connectivity index (χ0n) is 21.7. The third-order valence-corrected chi connectivity index (χ3v) is 5.56. The number of terminal acetylenes is 1. The van der Waals surface area contributed by atoms with Crippen molar-refractivity contribution in [2.24, 2.45) is 5.92 Å². The number of alkyl carbamates (subject to hydrolysis) is 1. The number of benzene rings is 1. The number of likely N-dealkylation sites (N-methyl/N-ethyl adjacent to an activating group) is 1. The van der Waals surface area contributed by atoms with Crippen molar-refractivity contribution in [3.63, 3.8) is 0 Å². The minimum atomic E-state index is -0.854. The highest BCUT2D eigenvalue weighted by Gasteiger charge is 2.37. The van der Waals surface area contributed by atoms with Gasteiger partial charge in [-0.05, 0) is 57.7 Å². The smallest absolute Gasteiger partial charge is 0.408 e. The average Bonchev–Trinajstić information content (AvgIpc) is 2.79. The monoisotopic (exact) mass is 471 g/mol. The quantitative estimate of drug-likeness (QED) is 0.370. The molecule has 34 heavy (non-hydrogen) atoms. The first-order chi connectivity index (χ1) is 16.0. The Morgan fingerprint density at radius 3 is 2.21 bits per heavy atom. The molecule has 0 aromatic heterocycles. The number of hydrogen-bond acceptors (Lipinski definition) is 4. The Balaban J connectivity index is 3.35. The van der Waals surface area contributed by atoms with Crippen LogP contribution in [-0.2, 0) is 14.3 Å². The van der Waals surface area contributed by atoms with Crippen LogP contribution >= 0.6 is 0 Å². The molecule has 3 atom stereocenters. The molecule has 0 aliphatic heterocycles. The van der Waals surface area contributed by atoms with Gasteiger partial charge in [-0.25, -0.2) is 4.79 Å². The van der Waals surface area contributed by atoms with Crippen molar-refractivity contribution < 1.29 is 19.1 Å². The van der Waals surface area contributed by atoms with E-state index in [4.69, 9.17) is 11.2 Å². The molecule has 3 amide bonds. The number of carbonyl (C=O) groups is 3. The third-order valence-electron chi connectivity index (χ3n) is 5.56. The number of ether oxygens (including phenoxy) is 1. The fourth-order valence-corrected chi connectivity index (χ4v) is 3.48. The summed E-state index contributed by atoms with van der Waals surface area (Å²) in [5.41, 5.74) is 0.647. The summed E-state index contributed by atoms with van der Waals surface area (Å²) in [6, 6.07) is 5.36. The number of nitrogens with one attached hydrogen (secondary N) is 2. The van der Waals surface area contributed by atoms with Gasteiger partial charge in [0, 0.05) is 18.7 Å². The first kappa shape index (κ1) is 29.0. The second-order valence-electron chi connectivity index (χ2n) is 9.45. The molecule has 0 saturated carbocycles. The molecule has 7 nitrogen and oxygen atoms in total. The van der Waals surface area contributed by atoms with Crippen molar-refractivity contribution in [1.82, 2.24) is 15.5 Å². The van der Waals surface area contributed by atoms with Crippen molar-refractivity contribution in [3.05, 3.63) is 35.4 Å². The van der Waals surface area contributed by atoms with Crippen LogP contribution in [-0.4, -0.2) is 47.5 Å². The summed E-state index contributed by atoms with van der Waals surface area (Å²) in [6.07, 6.45) is 7.26. The van der Waals surface area contributed by atoms with Gasteiger partial charge in [0.1, 0.15) is 17.7 Å². The molecule has 0 radical (unpaired) electrons. The maximum absolute atomic E-state index is 13.8. The number of amides is 3. The lowest BCUT2D eigenvalue weighted by Crippen LogP contribution is -2.55. The molecule has 7 heteroatoms. The predicted molar refractivity (Wildman–Crippen MR) is 135 cm³/mol. The summed E-state index contributed by atoms with van der Waals surface area (Å²) in [4.78, 5) is 41.1. The fourth-order valence-electron chi connectivity index (χ4n) is 3.48. The highest BCUT2D eigenvalue weighted by Crippen LogP contribution is 2.25. The number of nitrogens with zero attached hydrogens (tertiary/aromatic N) is 1. The van der Waals surface area contributed by atoms with Crippen molar-refractivity contribution in [2.75, 3.05) is 13.1 Å². The Bertz CT molecular complexity index is 852. The molecule has 188 valence electrons. The van der Waals surface area contributed by atoms with Gasteiger partial charge >= 0.3 is 6.09 Å². The van der Waals surface area contributed by atoms with E-state index in [0.29, 0.717) is 24.1 Å². The minimum Gasteiger partial charge on any atom is -0.444 e. The Hall–Kier alpha value is -3.01. The average molecular weight is 472 g/mol. The summed E-state index contributed by atoms with van der Waals surface area (Å²) in [7, 11) is 0. The van der Waals surface area contributed by atoms with Crippen LogP contribution in [0.5, 0.6) is 0 Å². The van der Waals surface area contributed by atoms with E-state index in [0.717, 1.165) is 12.8 Å². The molecule has 0 aliphatic rings. The molecular formula is C27H41N3O4. The van der Waals surface area contributed by atoms with E-state index >= 15 is 0 Å². The molecular weight excluding hydrogens is 430 g/mol. The molecule has 1 rings (SSSR count). The molecule has 2 N–H and O–H groups in total. The Kier molecular flexibility index (Phi) is 11.6. The summed E-state index contributed by atoms with van der Waals surface area (Å²) < 4.78 is 5.39. The largest absolute Gasteiger partial charge is 0.444 e. The molecule has 0 aliphatic carbocycles. The van der Waals surface area contributed by atoms with Gasteiger partial charge in [0.15, 0.2) is 0 Å². The number of rotatable bonds is 11. The normalized spacial score (nSPS) is 13.7. The summed E-state index contributed by atoms with van der Waals surface area (Å²) in [6.45, 7) is 13.8. The zero-order chi connectivity index (χ0) is 25.9. The van der Waals surface area contributed by atoms with Crippen molar-refractivity contribution in [1.29, 1.82) is 0 Å². The van der Waals surface area contributed by atoms with Crippen LogP contribution in [0.2, 0.25) is 0 Å². The van der Waals surface area contributed by atoms with E-state index in [1.807, 2.05) is 27.7 Å². The molecule has 0 bridgehead atoms. The SMILES string of the molecule is C#Cc1ccc(C(C(=O)NCCCC)N(CC)C(=O)C(NC(=O)OC(C)(C)C)C(C)CC)cc1. The molecule has 1 aromatic carbocycles. The zero-order valence-corrected chi connectivity index (χ0v) is 21.7. The number of hydrogen-bond donors (Lipinski definition) is 2. The van der Waals surface area contributed by atoms with Gasteiger partial charge < -0.3 is 20.3 Å². The Morgan fingerprint density at radius 1 is 1.12 bits per heavy atom. The molecule has 1 aromatic rings. The summed E-state index contributed by atoms with van der Waals surface area (Å²) >= 11 is 0. The highest BCUT2D eigenvalue weighted by molar-refractivity contribution is 5.92. The first-order valence-corrected chi connectivity index (χ1v) is 12.1. The van der Waals surface area contributed by atoms with Gasteiger partial charge in [0.2, 0.25) is 11.8 Å². The van der Waals surface area contributed by atoms with E-state index in [9.17, 15) is 14.4 Å². The van der Waals surface area contributed by atoms with E-state index in [2.05, 4.69) is 16.6 Å². The van der Waals surface area contributed by atoms with Crippen LogP contribution in [0.1, 0.15) is 84.9 Å². The van der Waals surface area contributed by atoms with E-state index in [1.54, 1.807) is 45.0 Å². The number of carbonyl (C=O) groups excluding carboxylic acids is 3. The van der Waals surface area contributed by atoms with Crippen LogP contribution in [0.4, 0.5) is 4.79 Å². The maximum Gasteiger partial charge on any atom is 0.408 e. The van der Waals surface area contributed by atoms with E-state index < -0.39 is 23.8 Å². The Labute approximate surface area is 205 Å². The second kappa shape index (κ2) is 13.6. The van der Waals surface area contributed by atoms with Crippen LogP contribution in [0.15, 0.2) is 24.3 Å². The third kappa shape index (κ3) is 8.74. The van der Waals surface area contributed by atoms with E-state index in [-0.39, 0.29) is 24.3 Å². The highest BCUT2D eigenvalue weighted by atomic mass is 16.6. The fraction of sp³-hybridized carbons (Fsp3) is 0.593. The lowest BCUT2D eigenvalue weighted by Gasteiger charge is -2.35.